The minimum absolute atomic E-state index is 0.600. The first-order valence-corrected chi connectivity index (χ1v) is 8.44. The van der Waals surface area contributed by atoms with Crippen LogP contribution in [-0.4, -0.2) is 16.2 Å². The third-order valence-electron chi connectivity index (χ3n) is 3.70. The highest BCUT2D eigenvalue weighted by Crippen LogP contribution is 2.25. The number of anilines is 1. The number of hydrogen-bond donors (Lipinski definition) is 1. The number of aromatic nitrogens is 2. The summed E-state index contributed by atoms with van der Waals surface area (Å²) in [5.74, 6) is 3.25. The highest BCUT2D eigenvalue weighted by molar-refractivity contribution is 6.29. The van der Waals surface area contributed by atoms with E-state index in [2.05, 4.69) is 10.3 Å². The first-order chi connectivity index (χ1) is 12.2. The molecule has 0 amide bonds. The summed E-state index contributed by atoms with van der Waals surface area (Å²) in [7, 11) is 1.89. The Morgan fingerprint density at radius 3 is 2.16 bits per heavy atom. The number of nitrogens with one attached hydrogen (secondary N) is 1. The number of ether oxygens (including phenoxy) is 2. The van der Waals surface area contributed by atoms with Gasteiger partial charge in [0, 0.05) is 12.7 Å². The zero-order chi connectivity index (χ0) is 17.6. The highest BCUT2D eigenvalue weighted by Gasteiger charge is 2.04. The molecule has 0 bridgehead atoms. The van der Waals surface area contributed by atoms with E-state index in [1.54, 1.807) is 6.20 Å². The van der Waals surface area contributed by atoms with E-state index >= 15 is 0 Å². The van der Waals surface area contributed by atoms with E-state index in [4.69, 9.17) is 21.1 Å². The van der Waals surface area contributed by atoms with Gasteiger partial charge in [0.1, 0.15) is 28.2 Å². The molecule has 1 aromatic heterocycles. The largest absolute Gasteiger partial charge is 0.494 e. The Morgan fingerprint density at radius 1 is 1.00 bits per heavy atom. The quantitative estimate of drug-likeness (QED) is 0.655. The fourth-order valence-electron chi connectivity index (χ4n) is 2.32. The number of nitrogens with zero attached hydrogens (tertiary/aromatic N) is 2. The van der Waals surface area contributed by atoms with Crippen molar-refractivity contribution in [3.05, 3.63) is 65.7 Å². The van der Waals surface area contributed by atoms with Crippen molar-refractivity contribution in [3.8, 4) is 17.2 Å². The van der Waals surface area contributed by atoms with E-state index in [1.165, 1.54) is 0 Å². The van der Waals surface area contributed by atoms with E-state index in [9.17, 15) is 0 Å². The number of hydrogen-bond acceptors (Lipinski definition) is 4. The fraction of sp³-hybridized carbons (Fsp3) is 0.211. The minimum Gasteiger partial charge on any atom is -0.494 e. The molecular weight excluding hydrogens is 338 g/mol. The van der Waals surface area contributed by atoms with Crippen LogP contribution in [-0.2, 0) is 13.6 Å². The lowest BCUT2D eigenvalue weighted by Gasteiger charge is -2.10. The van der Waals surface area contributed by atoms with Gasteiger partial charge in [-0.25, -0.2) is 4.98 Å². The molecule has 0 aliphatic carbocycles. The molecule has 0 radical (unpaired) electrons. The molecule has 0 fully saturated rings. The van der Waals surface area contributed by atoms with E-state index in [0.717, 1.165) is 28.8 Å². The minimum atomic E-state index is 0.600. The molecule has 0 atom stereocenters. The first kappa shape index (κ1) is 17.2. The molecule has 5 nitrogen and oxygen atoms in total. The van der Waals surface area contributed by atoms with Gasteiger partial charge in [-0.2, -0.15) is 0 Å². The maximum atomic E-state index is 5.98. The Kier molecular flexibility index (Phi) is 5.46. The van der Waals surface area contributed by atoms with Crippen molar-refractivity contribution in [1.82, 2.24) is 9.55 Å². The standard InChI is InChI=1S/C19H20ClN3O2/c1-3-24-15-8-10-17(11-9-15)25-16-6-4-14(5-7-16)21-13-19-22-12-18(20)23(19)2/h4-12,21H,3,13H2,1-2H3. The van der Waals surface area contributed by atoms with Crippen LogP contribution in [0.25, 0.3) is 0 Å². The molecular formula is C19H20ClN3O2. The summed E-state index contributed by atoms with van der Waals surface area (Å²) in [5.41, 5.74) is 0.984. The summed E-state index contributed by atoms with van der Waals surface area (Å²) in [6, 6.07) is 15.3. The summed E-state index contributed by atoms with van der Waals surface area (Å²) >= 11 is 5.98. The van der Waals surface area contributed by atoms with Gasteiger partial charge in [-0.1, -0.05) is 11.6 Å². The van der Waals surface area contributed by atoms with Crippen LogP contribution in [0.3, 0.4) is 0 Å². The second kappa shape index (κ2) is 7.94. The molecule has 2 aromatic carbocycles. The lowest BCUT2D eigenvalue weighted by Crippen LogP contribution is -2.05. The topological polar surface area (TPSA) is 48.3 Å². The first-order valence-electron chi connectivity index (χ1n) is 8.06. The maximum absolute atomic E-state index is 5.98. The second-order valence-corrected chi connectivity index (χ2v) is 5.83. The molecule has 25 heavy (non-hydrogen) atoms. The Balaban J connectivity index is 1.57. The Labute approximate surface area is 152 Å². The van der Waals surface area contributed by atoms with Gasteiger partial charge in [0.25, 0.3) is 0 Å². The highest BCUT2D eigenvalue weighted by atomic mass is 35.5. The van der Waals surface area contributed by atoms with Gasteiger partial charge in [0.05, 0.1) is 19.3 Å². The van der Waals surface area contributed by atoms with Crippen LogP contribution in [0.15, 0.2) is 54.7 Å². The molecule has 1 N–H and O–H groups in total. The summed E-state index contributed by atoms with van der Waals surface area (Å²) in [6.45, 7) is 3.21. The van der Waals surface area contributed by atoms with Crippen LogP contribution in [0.5, 0.6) is 17.2 Å². The van der Waals surface area contributed by atoms with Crippen molar-refractivity contribution in [2.75, 3.05) is 11.9 Å². The molecule has 1 heterocycles. The molecule has 0 aliphatic heterocycles. The summed E-state index contributed by atoms with van der Waals surface area (Å²) in [4.78, 5) is 4.26. The van der Waals surface area contributed by atoms with Gasteiger partial charge >= 0.3 is 0 Å². The lowest BCUT2D eigenvalue weighted by molar-refractivity contribution is 0.339. The van der Waals surface area contributed by atoms with Gasteiger partial charge in [0.2, 0.25) is 0 Å². The zero-order valence-corrected chi connectivity index (χ0v) is 15.0. The monoisotopic (exact) mass is 357 g/mol. The van der Waals surface area contributed by atoms with E-state index in [1.807, 2.05) is 67.1 Å². The van der Waals surface area contributed by atoms with Crippen LogP contribution < -0.4 is 14.8 Å². The SMILES string of the molecule is CCOc1ccc(Oc2ccc(NCc3ncc(Cl)n3C)cc2)cc1. The predicted octanol–water partition coefficient (Wildman–Crippen LogP) is 4.88. The van der Waals surface area contributed by atoms with Crippen molar-refractivity contribution >= 4 is 17.3 Å². The smallest absolute Gasteiger partial charge is 0.128 e. The van der Waals surface area contributed by atoms with Gasteiger partial charge in [0.15, 0.2) is 0 Å². The molecule has 0 unspecified atom stereocenters. The number of halogens is 1. The van der Waals surface area contributed by atoms with E-state index in [-0.39, 0.29) is 0 Å². The molecule has 3 aromatic rings. The Morgan fingerprint density at radius 2 is 1.60 bits per heavy atom. The molecule has 0 aliphatic rings. The van der Waals surface area contributed by atoms with Crippen LogP contribution >= 0.6 is 11.6 Å². The van der Waals surface area contributed by atoms with Crippen LogP contribution in [0.2, 0.25) is 5.15 Å². The fourth-order valence-corrected chi connectivity index (χ4v) is 2.46. The lowest BCUT2D eigenvalue weighted by atomic mass is 10.3. The summed E-state index contributed by atoms with van der Waals surface area (Å²) < 4.78 is 13.1. The predicted molar refractivity (Wildman–Crippen MR) is 99.7 cm³/mol. The third-order valence-corrected chi connectivity index (χ3v) is 4.05. The number of benzene rings is 2. The molecule has 0 saturated carbocycles. The van der Waals surface area contributed by atoms with Crippen molar-refractivity contribution in [1.29, 1.82) is 0 Å². The van der Waals surface area contributed by atoms with Crippen molar-refractivity contribution in [3.63, 3.8) is 0 Å². The van der Waals surface area contributed by atoms with Crippen LogP contribution in [0, 0.1) is 0 Å². The van der Waals surface area contributed by atoms with Crippen LogP contribution in [0.4, 0.5) is 5.69 Å². The van der Waals surface area contributed by atoms with Crippen molar-refractivity contribution in [2.45, 2.75) is 13.5 Å². The molecule has 6 heteroatoms. The van der Waals surface area contributed by atoms with Gasteiger partial charge in [-0.05, 0) is 55.5 Å². The summed E-state index contributed by atoms with van der Waals surface area (Å²) in [6.07, 6.45) is 1.65. The molecule has 0 spiro atoms. The van der Waals surface area contributed by atoms with E-state index < -0.39 is 0 Å². The van der Waals surface area contributed by atoms with Gasteiger partial charge < -0.3 is 19.4 Å². The van der Waals surface area contributed by atoms with Crippen molar-refractivity contribution in [2.24, 2.45) is 7.05 Å². The second-order valence-electron chi connectivity index (χ2n) is 5.44. The molecule has 3 rings (SSSR count). The van der Waals surface area contributed by atoms with Gasteiger partial charge in [-0.15, -0.1) is 0 Å². The molecule has 130 valence electrons. The average molecular weight is 358 g/mol. The van der Waals surface area contributed by atoms with Crippen LogP contribution in [0.1, 0.15) is 12.7 Å². The third kappa shape index (κ3) is 4.45. The Bertz CT molecular complexity index is 814. The van der Waals surface area contributed by atoms with Gasteiger partial charge in [-0.3, -0.25) is 0 Å². The average Bonchev–Trinajstić information content (AvgIpc) is 2.95. The number of imidazole rings is 1. The normalized spacial score (nSPS) is 10.5. The Hall–Kier alpha value is -2.66. The van der Waals surface area contributed by atoms with Crippen molar-refractivity contribution < 1.29 is 9.47 Å². The van der Waals surface area contributed by atoms with E-state index in [0.29, 0.717) is 18.3 Å². The number of rotatable bonds is 7. The molecule has 0 saturated heterocycles. The summed E-state index contributed by atoms with van der Waals surface area (Å²) in [5, 5.41) is 3.93. The zero-order valence-electron chi connectivity index (χ0n) is 14.2. The maximum Gasteiger partial charge on any atom is 0.128 e.